The molecule has 0 aliphatic carbocycles. The highest BCUT2D eigenvalue weighted by Crippen LogP contribution is 2.16. The van der Waals surface area contributed by atoms with Crippen molar-refractivity contribution in [3.63, 3.8) is 0 Å². The van der Waals surface area contributed by atoms with Crippen molar-refractivity contribution in [2.75, 3.05) is 11.9 Å². The number of piperidine rings is 1. The van der Waals surface area contributed by atoms with Crippen LogP contribution in [0.15, 0.2) is 18.2 Å². The maximum absolute atomic E-state index is 13.4. The van der Waals surface area contributed by atoms with Gasteiger partial charge < -0.3 is 15.7 Å². The van der Waals surface area contributed by atoms with E-state index in [0.717, 1.165) is 37.9 Å². The molecule has 6 heteroatoms. The standard InChI is InChI=1S/C13H15FN2O3/c14-10-7-8(4-5-9(10)13(18)19)16-12(17)11-3-1-2-6-15-11/h4-5,7,11,15H,1-3,6H2,(H,16,17)(H,18,19)/t11-/m0/s1. The minimum absolute atomic E-state index is 0.220. The number of benzene rings is 1. The lowest BCUT2D eigenvalue weighted by atomic mass is 10.0. The van der Waals surface area contributed by atoms with Gasteiger partial charge in [0.25, 0.3) is 0 Å². The summed E-state index contributed by atoms with van der Waals surface area (Å²) in [5.41, 5.74) is -0.145. The molecule has 1 saturated heterocycles. The van der Waals surface area contributed by atoms with Gasteiger partial charge in [-0.1, -0.05) is 6.42 Å². The number of carbonyl (C=O) groups is 2. The zero-order chi connectivity index (χ0) is 13.8. The Labute approximate surface area is 109 Å². The molecule has 1 heterocycles. The number of hydrogen-bond donors (Lipinski definition) is 3. The normalized spacial score (nSPS) is 18.9. The molecule has 3 N–H and O–H groups in total. The zero-order valence-electron chi connectivity index (χ0n) is 10.3. The predicted octanol–water partition coefficient (Wildman–Crippen LogP) is 1.60. The number of halogens is 1. The second-order valence-corrected chi connectivity index (χ2v) is 4.49. The third-order valence-corrected chi connectivity index (χ3v) is 3.09. The van der Waals surface area contributed by atoms with Crippen molar-refractivity contribution in [3.8, 4) is 0 Å². The summed E-state index contributed by atoms with van der Waals surface area (Å²) in [5.74, 6) is -2.41. The molecule has 1 atom stereocenters. The lowest BCUT2D eigenvalue weighted by Gasteiger charge is -2.22. The molecule has 1 fully saturated rings. The Morgan fingerprint density at radius 2 is 2.16 bits per heavy atom. The summed E-state index contributed by atoms with van der Waals surface area (Å²) in [5, 5.41) is 14.4. The molecule has 1 aliphatic heterocycles. The fraction of sp³-hybridized carbons (Fsp3) is 0.385. The van der Waals surface area contributed by atoms with Crippen molar-refractivity contribution >= 4 is 17.6 Å². The molecule has 5 nitrogen and oxygen atoms in total. The summed E-state index contributed by atoms with van der Waals surface area (Å²) in [4.78, 5) is 22.6. The van der Waals surface area contributed by atoms with E-state index in [1.807, 2.05) is 0 Å². The summed E-state index contributed by atoms with van der Waals surface area (Å²) in [6.07, 6.45) is 2.78. The number of hydrogen-bond acceptors (Lipinski definition) is 3. The average Bonchev–Trinajstić information content (AvgIpc) is 2.39. The summed E-state index contributed by atoms with van der Waals surface area (Å²) >= 11 is 0. The molecule has 0 saturated carbocycles. The molecule has 1 aromatic carbocycles. The van der Waals surface area contributed by atoms with Gasteiger partial charge >= 0.3 is 5.97 Å². The largest absolute Gasteiger partial charge is 0.478 e. The van der Waals surface area contributed by atoms with Crippen LogP contribution >= 0.6 is 0 Å². The van der Waals surface area contributed by atoms with Crippen LogP contribution in [0.25, 0.3) is 0 Å². The van der Waals surface area contributed by atoms with Gasteiger partial charge in [-0.15, -0.1) is 0 Å². The van der Waals surface area contributed by atoms with Gasteiger partial charge in [0.05, 0.1) is 11.6 Å². The van der Waals surface area contributed by atoms with Crippen LogP contribution in [-0.4, -0.2) is 29.6 Å². The fourth-order valence-corrected chi connectivity index (χ4v) is 2.07. The van der Waals surface area contributed by atoms with E-state index in [2.05, 4.69) is 10.6 Å². The zero-order valence-corrected chi connectivity index (χ0v) is 10.3. The van der Waals surface area contributed by atoms with E-state index in [0.29, 0.717) is 0 Å². The van der Waals surface area contributed by atoms with E-state index < -0.39 is 17.3 Å². The van der Waals surface area contributed by atoms with E-state index in [1.54, 1.807) is 0 Å². The third-order valence-electron chi connectivity index (χ3n) is 3.09. The van der Waals surface area contributed by atoms with Crippen LogP contribution in [0.5, 0.6) is 0 Å². The number of amides is 1. The molecule has 0 radical (unpaired) electrons. The Bertz CT molecular complexity index is 499. The van der Waals surface area contributed by atoms with Crippen molar-refractivity contribution in [2.24, 2.45) is 0 Å². The van der Waals surface area contributed by atoms with Crippen LogP contribution in [0.3, 0.4) is 0 Å². The SMILES string of the molecule is O=C(O)c1ccc(NC(=O)[C@@H]2CCCCN2)cc1F. The minimum atomic E-state index is -1.33. The van der Waals surface area contributed by atoms with Crippen LogP contribution in [0.4, 0.5) is 10.1 Å². The maximum Gasteiger partial charge on any atom is 0.338 e. The van der Waals surface area contributed by atoms with Crippen molar-refractivity contribution in [1.82, 2.24) is 5.32 Å². The lowest BCUT2D eigenvalue weighted by Crippen LogP contribution is -2.43. The molecule has 1 aromatic rings. The highest BCUT2D eigenvalue weighted by molar-refractivity contribution is 5.95. The monoisotopic (exact) mass is 266 g/mol. The van der Waals surface area contributed by atoms with Crippen LogP contribution in [-0.2, 0) is 4.79 Å². The van der Waals surface area contributed by atoms with Gasteiger partial charge in [-0.05, 0) is 37.6 Å². The molecular formula is C13H15FN2O3. The van der Waals surface area contributed by atoms with Gasteiger partial charge in [-0.2, -0.15) is 0 Å². The highest BCUT2D eigenvalue weighted by Gasteiger charge is 2.21. The van der Waals surface area contributed by atoms with E-state index >= 15 is 0 Å². The Morgan fingerprint density at radius 1 is 1.37 bits per heavy atom. The average molecular weight is 266 g/mol. The number of carbonyl (C=O) groups excluding carboxylic acids is 1. The molecule has 102 valence electrons. The van der Waals surface area contributed by atoms with Gasteiger partial charge in [-0.3, -0.25) is 4.79 Å². The van der Waals surface area contributed by atoms with Crippen molar-refractivity contribution in [2.45, 2.75) is 25.3 Å². The Morgan fingerprint density at radius 3 is 2.74 bits per heavy atom. The van der Waals surface area contributed by atoms with Gasteiger partial charge in [0, 0.05) is 5.69 Å². The maximum atomic E-state index is 13.4. The van der Waals surface area contributed by atoms with Crippen molar-refractivity contribution in [3.05, 3.63) is 29.6 Å². The molecule has 19 heavy (non-hydrogen) atoms. The van der Waals surface area contributed by atoms with E-state index in [9.17, 15) is 14.0 Å². The fourth-order valence-electron chi connectivity index (χ4n) is 2.07. The molecule has 0 bridgehead atoms. The first-order valence-electron chi connectivity index (χ1n) is 6.15. The van der Waals surface area contributed by atoms with Crippen LogP contribution in [0.2, 0.25) is 0 Å². The quantitative estimate of drug-likeness (QED) is 0.776. The van der Waals surface area contributed by atoms with E-state index in [4.69, 9.17) is 5.11 Å². The molecular weight excluding hydrogens is 251 g/mol. The van der Waals surface area contributed by atoms with Gasteiger partial charge in [0.2, 0.25) is 5.91 Å². The van der Waals surface area contributed by atoms with Gasteiger partial charge in [-0.25, -0.2) is 9.18 Å². The van der Waals surface area contributed by atoms with Crippen molar-refractivity contribution < 1.29 is 19.1 Å². The second-order valence-electron chi connectivity index (χ2n) is 4.49. The van der Waals surface area contributed by atoms with Crippen LogP contribution in [0, 0.1) is 5.82 Å². The minimum Gasteiger partial charge on any atom is -0.478 e. The number of aromatic carboxylic acids is 1. The first-order chi connectivity index (χ1) is 9.08. The van der Waals surface area contributed by atoms with E-state index in [1.165, 1.54) is 6.07 Å². The van der Waals surface area contributed by atoms with Crippen molar-refractivity contribution in [1.29, 1.82) is 0 Å². The van der Waals surface area contributed by atoms with Gasteiger partial charge in [0.15, 0.2) is 0 Å². The number of carboxylic acids is 1. The number of rotatable bonds is 3. The first kappa shape index (κ1) is 13.5. The van der Waals surface area contributed by atoms with Crippen LogP contribution in [0.1, 0.15) is 29.6 Å². The number of anilines is 1. The second kappa shape index (κ2) is 5.79. The number of carboxylic acid groups (broad SMARTS) is 1. The first-order valence-corrected chi connectivity index (χ1v) is 6.15. The summed E-state index contributed by atoms with van der Waals surface area (Å²) < 4.78 is 13.4. The summed E-state index contributed by atoms with van der Waals surface area (Å²) in [7, 11) is 0. The summed E-state index contributed by atoms with van der Waals surface area (Å²) in [6, 6.07) is 3.27. The summed E-state index contributed by atoms with van der Waals surface area (Å²) in [6.45, 7) is 0.796. The topological polar surface area (TPSA) is 78.4 Å². The predicted molar refractivity (Wildman–Crippen MR) is 67.6 cm³/mol. The molecule has 2 rings (SSSR count). The Balaban J connectivity index is 2.04. The molecule has 1 amide bonds. The molecule has 1 aliphatic rings. The smallest absolute Gasteiger partial charge is 0.338 e. The lowest BCUT2D eigenvalue weighted by molar-refractivity contribution is -0.118. The van der Waals surface area contributed by atoms with Gasteiger partial charge in [0.1, 0.15) is 5.82 Å². The molecule has 0 spiro atoms. The Hall–Kier alpha value is -1.95. The van der Waals surface area contributed by atoms with E-state index in [-0.39, 0.29) is 17.6 Å². The highest BCUT2D eigenvalue weighted by atomic mass is 19.1. The molecule has 0 unspecified atom stereocenters. The Kier molecular flexibility index (Phi) is 4.11. The van der Waals surface area contributed by atoms with Crippen LogP contribution < -0.4 is 10.6 Å². The molecule has 0 aromatic heterocycles. The number of nitrogens with one attached hydrogen (secondary N) is 2. The third kappa shape index (κ3) is 3.29.